The molecule has 0 heterocycles. The van der Waals surface area contributed by atoms with Crippen LogP contribution < -0.4 is 0 Å². The highest BCUT2D eigenvalue weighted by molar-refractivity contribution is 9.10. The Bertz CT molecular complexity index is 617. The van der Waals surface area contributed by atoms with E-state index in [1.807, 2.05) is 18.2 Å². The van der Waals surface area contributed by atoms with Gasteiger partial charge in [-0.3, -0.25) is 0 Å². The summed E-state index contributed by atoms with van der Waals surface area (Å²) in [5, 5.41) is 9.70. The predicted molar refractivity (Wildman–Crippen MR) is 75.8 cm³/mol. The van der Waals surface area contributed by atoms with Crippen LogP contribution in [0.3, 0.4) is 0 Å². The fourth-order valence-corrected chi connectivity index (χ4v) is 2.41. The normalized spacial score (nSPS) is 10.0. The Morgan fingerprint density at radius 2 is 1.94 bits per heavy atom. The number of nitriles is 1. The van der Waals surface area contributed by atoms with E-state index in [4.69, 9.17) is 16.9 Å². The van der Waals surface area contributed by atoms with Crippen molar-refractivity contribution in [1.29, 1.82) is 5.26 Å². The van der Waals surface area contributed by atoms with Gasteiger partial charge in [0.1, 0.15) is 0 Å². The van der Waals surface area contributed by atoms with Gasteiger partial charge >= 0.3 is 0 Å². The lowest BCUT2D eigenvalue weighted by Crippen LogP contribution is -1.86. The molecule has 2 rings (SSSR count). The van der Waals surface area contributed by atoms with E-state index in [-0.39, 0.29) is 0 Å². The molecule has 17 heavy (non-hydrogen) atoms. The summed E-state index contributed by atoms with van der Waals surface area (Å²) in [7, 11) is 0. The van der Waals surface area contributed by atoms with Crippen molar-refractivity contribution in [2.24, 2.45) is 0 Å². The molecule has 1 radical (unpaired) electrons. The zero-order valence-corrected chi connectivity index (χ0v) is 12.4. The van der Waals surface area contributed by atoms with Crippen LogP contribution in [0, 0.1) is 17.4 Å². The van der Waals surface area contributed by atoms with Crippen LogP contribution in [0.5, 0.6) is 0 Å². The Morgan fingerprint density at radius 3 is 2.65 bits per heavy atom. The Morgan fingerprint density at radius 1 is 1.18 bits per heavy atom. The molecule has 0 aliphatic heterocycles. The second-order valence-electron chi connectivity index (χ2n) is 3.34. The van der Waals surface area contributed by atoms with E-state index in [1.54, 1.807) is 12.1 Å². The van der Waals surface area contributed by atoms with Gasteiger partial charge in [0.25, 0.3) is 0 Å². The Balaban J connectivity index is 2.72. The average Bonchev–Trinajstić information content (AvgIpc) is 2.32. The first-order valence-corrected chi connectivity index (χ1v) is 6.65. The molecule has 0 aliphatic rings. The third kappa shape index (κ3) is 2.71. The number of hydrogen-bond donors (Lipinski definition) is 0. The van der Waals surface area contributed by atoms with Crippen LogP contribution in [0.25, 0.3) is 11.1 Å². The molecule has 0 saturated carbocycles. The third-order valence-electron chi connectivity index (χ3n) is 2.25. The molecule has 83 valence electrons. The van der Waals surface area contributed by atoms with E-state index < -0.39 is 0 Å². The summed E-state index contributed by atoms with van der Waals surface area (Å²) in [6.07, 6.45) is 0. The maximum Gasteiger partial charge on any atom is 0.0998 e. The summed E-state index contributed by atoms with van der Waals surface area (Å²) in [6, 6.07) is 14.1. The summed E-state index contributed by atoms with van der Waals surface area (Å²) >= 11 is 12.9. The lowest BCUT2D eigenvalue weighted by atomic mass is 10.0. The minimum Gasteiger partial charge on any atom is -0.192 e. The van der Waals surface area contributed by atoms with E-state index in [2.05, 4.69) is 44.0 Å². The molecule has 0 atom stereocenters. The topological polar surface area (TPSA) is 23.8 Å². The molecule has 2 aromatic rings. The highest BCUT2D eigenvalue weighted by Gasteiger charge is 2.10. The molecular weight excluding hydrogens is 365 g/mol. The molecule has 0 bridgehead atoms. The second-order valence-corrected chi connectivity index (χ2v) is 5.52. The van der Waals surface area contributed by atoms with Crippen LogP contribution in [-0.2, 0) is 0 Å². The summed E-state index contributed by atoms with van der Waals surface area (Å²) in [6.45, 7) is 0. The number of benzene rings is 2. The van der Waals surface area contributed by atoms with Crippen molar-refractivity contribution in [3.63, 3.8) is 0 Å². The summed E-state index contributed by atoms with van der Waals surface area (Å²) < 4.78 is 1.72. The Kier molecular flexibility index (Phi) is 3.88. The lowest BCUT2D eigenvalue weighted by Gasteiger charge is -2.07. The van der Waals surface area contributed by atoms with Gasteiger partial charge in [0.05, 0.1) is 11.6 Å². The fraction of sp³-hybridized carbons (Fsp3) is 0. The van der Waals surface area contributed by atoms with Crippen LogP contribution in [-0.4, -0.2) is 0 Å². The predicted octanol–water partition coefficient (Wildman–Crippen LogP) is 5.20. The van der Waals surface area contributed by atoms with Crippen molar-refractivity contribution in [3.8, 4) is 17.2 Å². The summed E-state index contributed by atoms with van der Waals surface area (Å²) in [5.74, 6) is 0. The molecule has 1 nitrogen and oxygen atoms in total. The van der Waals surface area contributed by atoms with Crippen molar-refractivity contribution in [2.45, 2.75) is 0 Å². The summed E-state index contributed by atoms with van der Waals surface area (Å²) in [5.41, 5.74) is 2.17. The van der Waals surface area contributed by atoms with Gasteiger partial charge in [0.15, 0.2) is 0 Å². The van der Waals surface area contributed by atoms with Gasteiger partial charge in [-0.1, -0.05) is 43.5 Å². The van der Waals surface area contributed by atoms with E-state index in [1.165, 1.54) is 0 Å². The number of hydrogen-bond acceptors (Lipinski definition) is 1. The standard InChI is InChI=1S/C13H5Br2ClN/c14-9-2-1-8(7-17)11(5-9)12-6-10(15)3-4-13(12)16/h1,3-6H. The zero-order valence-electron chi connectivity index (χ0n) is 8.47. The largest absolute Gasteiger partial charge is 0.192 e. The number of rotatable bonds is 1. The van der Waals surface area contributed by atoms with Crippen LogP contribution in [0.1, 0.15) is 5.56 Å². The average molecular weight is 370 g/mol. The molecule has 0 aliphatic carbocycles. The van der Waals surface area contributed by atoms with Crippen molar-refractivity contribution in [3.05, 3.63) is 55.9 Å². The molecule has 4 heteroatoms. The lowest BCUT2D eigenvalue weighted by molar-refractivity contribution is 1.46. The molecule has 0 amide bonds. The van der Waals surface area contributed by atoms with Gasteiger partial charge in [-0.25, -0.2) is 0 Å². The third-order valence-corrected chi connectivity index (χ3v) is 3.54. The number of nitrogens with zero attached hydrogens (tertiary/aromatic N) is 1. The van der Waals surface area contributed by atoms with E-state index in [0.29, 0.717) is 10.6 Å². The second kappa shape index (κ2) is 5.22. The van der Waals surface area contributed by atoms with Crippen LogP contribution in [0.4, 0.5) is 0 Å². The molecule has 0 saturated heterocycles. The van der Waals surface area contributed by atoms with E-state index in [0.717, 1.165) is 20.1 Å². The number of halogens is 3. The zero-order chi connectivity index (χ0) is 12.4. The van der Waals surface area contributed by atoms with Gasteiger partial charge in [-0.15, -0.1) is 0 Å². The Labute approximate surface area is 121 Å². The van der Waals surface area contributed by atoms with Crippen LogP contribution in [0.15, 0.2) is 39.3 Å². The fourth-order valence-electron chi connectivity index (χ4n) is 1.48. The highest BCUT2D eigenvalue weighted by atomic mass is 79.9. The van der Waals surface area contributed by atoms with E-state index in [9.17, 15) is 0 Å². The van der Waals surface area contributed by atoms with Crippen molar-refractivity contribution in [1.82, 2.24) is 0 Å². The maximum atomic E-state index is 9.09. The first-order chi connectivity index (χ1) is 8.11. The quantitative estimate of drug-likeness (QED) is 0.676. The van der Waals surface area contributed by atoms with Crippen LogP contribution in [0.2, 0.25) is 5.02 Å². The monoisotopic (exact) mass is 368 g/mol. The molecule has 0 unspecified atom stereocenters. The van der Waals surface area contributed by atoms with Gasteiger partial charge < -0.3 is 0 Å². The van der Waals surface area contributed by atoms with Crippen molar-refractivity contribution in [2.75, 3.05) is 0 Å². The Hall–Kier alpha value is -0.820. The smallest absolute Gasteiger partial charge is 0.0998 e. The molecule has 0 N–H and O–H groups in total. The molecule has 2 aromatic carbocycles. The van der Waals surface area contributed by atoms with Crippen LogP contribution >= 0.6 is 43.5 Å². The first kappa shape index (κ1) is 12.6. The van der Waals surface area contributed by atoms with Crippen molar-refractivity contribution < 1.29 is 0 Å². The maximum absolute atomic E-state index is 9.09. The minimum absolute atomic E-state index is 0.549. The highest BCUT2D eigenvalue weighted by Crippen LogP contribution is 2.34. The van der Waals surface area contributed by atoms with Gasteiger partial charge in [-0.05, 0) is 36.4 Å². The molecule has 0 aromatic heterocycles. The van der Waals surface area contributed by atoms with Gasteiger partial charge in [0.2, 0.25) is 0 Å². The van der Waals surface area contributed by atoms with Crippen molar-refractivity contribution >= 4 is 43.5 Å². The molecular formula is C13H5Br2ClN. The summed E-state index contributed by atoms with van der Waals surface area (Å²) in [4.78, 5) is 0. The molecule has 0 spiro atoms. The SMILES string of the molecule is N#Cc1c[c]c(Br)cc1-c1cc(Br)ccc1Cl. The minimum atomic E-state index is 0.549. The van der Waals surface area contributed by atoms with Gasteiger partial charge in [-0.2, -0.15) is 5.26 Å². The first-order valence-electron chi connectivity index (χ1n) is 4.68. The molecule has 0 fully saturated rings. The van der Waals surface area contributed by atoms with Gasteiger partial charge in [0, 0.05) is 25.1 Å². The van der Waals surface area contributed by atoms with E-state index >= 15 is 0 Å².